The third-order valence-corrected chi connectivity index (χ3v) is 5.17. The molecule has 1 unspecified atom stereocenters. The minimum Gasteiger partial charge on any atom is -0.469 e. The fraction of sp³-hybridized carbons (Fsp3) is 0.391. The van der Waals surface area contributed by atoms with Gasteiger partial charge in [-0.2, -0.15) is 0 Å². The molecule has 1 heterocycles. The largest absolute Gasteiger partial charge is 0.469 e. The number of carbonyl (C=O) groups is 2. The van der Waals surface area contributed by atoms with E-state index in [1.807, 2.05) is 18.2 Å². The average Bonchev–Trinajstić information content (AvgIpc) is 2.69. The highest BCUT2D eigenvalue weighted by molar-refractivity contribution is 5.78. The Hall–Kier alpha value is -2.66. The highest BCUT2D eigenvalue weighted by atomic mass is 16.5. The van der Waals surface area contributed by atoms with Gasteiger partial charge in [-0.15, -0.1) is 0 Å². The second-order valence-corrected chi connectivity index (χ2v) is 7.39. The van der Waals surface area contributed by atoms with Crippen molar-refractivity contribution in [2.24, 2.45) is 0 Å². The summed E-state index contributed by atoms with van der Waals surface area (Å²) in [5.74, 6) is -0.0318. The maximum atomic E-state index is 12.0. The van der Waals surface area contributed by atoms with E-state index in [1.54, 1.807) is 6.92 Å². The van der Waals surface area contributed by atoms with Crippen LogP contribution in [0, 0.1) is 0 Å². The normalized spacial score (nSPS) is 17.4. The van der Waals surface area contributed by atoms with Gasteiger partial charge in [-0.05, 0) is 30.2 Å². The minimum atomic E-state index is -0.190. The van der Waals surface area contributed by atoms with Crippen LogP contribution in [0.25, 0.3) is 0 Å². The smallest absolute Gasteiger partial charge is 0.307 e. The van der Waals surface area contributed by atoms with Crippen LogP contribution in [0.15, 0.2) is 54.6 Å². The third kappa shape index (κ3) is 5.42. The minimum absolute atomic E-state index is 0.0589. The summed E-state index contributed by atoms with van der Waals surface area (Å²) in [5.41, 5.74) is 3.38. The van der Waals surface area contributed by atoms with Gasteiger partial charge in [0.25, 0.3) is 0 Å². The Morgan fingerprint density at radius 1 is 1.00 bits per heavy atom. The van der Waals surface area contributed by atoms with Crippen LogP contribution < -0.4 is 4.90 Å². The summed E-state index contributed by atoms with van der Waals surface area (Å²) >= 11 is 0. The molecule has 0 aliphatic carbocycles. The predicted molar refractivity (Wildman–Crippen MR) is 110 cm³/mol. The fourth-order valence-corrected chi connectivity index (χ4v) is 3.79. The number of nitrogens with zero attached hydrogens (tertiary/aromatic N) is 2. The zero-order valence-corrected chi connectivity index (χ0v) is 16.6. The average molecular weight is 380 g/mol. The van der Waals surface area contributed by atoms with Gasteiger partial charge in [0.1, 0.15) is 5.78 Å². The topological polar surface area (TPSA) is 49.9 Å². The highest BCUT2D eigenvalue weighted by Crippen LogP contribution is 2.24. The zero-order chi connectivity index (χ0) is 19.9. The Bertz CT molecular complexity index is 789. The number of hydrogen-bond donors (Lipinski definition) is 0. The monoisotopic (exact) mass is 380 g/mol. The second kappa shape index (κ2) is 9.51. The van der Waals surface area contributed by atoms with Crippen LogP contribution in [0.5, 0.6) is 0 Å². The van der Waals surface area contributed by atoms with Crippen molar-refractivity contribution in [3.8, 4) is 0 Å². The molecule has 0 aromatic heterocycles. The molecule has 1 saturated heterocycles. The molecule has 0 radical (unpaired) electrons. The van der Waals surface area contributed by atoms with Crippen molar-refractivity contribution in [2.75, 3.05) is 31.6 Å². The summed E-state index contributed by atoms with van der Waals surface area (Å²) in [6.45, 7) is 5.07. The number of benzene rings is 2. The Balaban J connectivity index is 1.72. The highest BCUT2D eigenvalue weighted by Gasteiger charge is 2.29. The maximum absolute atomic E-state index is 12.0. The van der Waals surface area contributed by atoms with Crippen molar-refractivity contribution >= 4 is 17.4 Å². The van der Waals surface area contributed by atoms with Crippen LogP contribution in [0.2, 0.25) is 0 Å². The van der Waals surface area contributed by atoms with E-state index in [-0.39, 0.29) is 17.8 Å². The van der Waals surface area contributed by atoms with Gasteiger partial charge >= 0.3 is 5.97 Å². The molecule has 1 atom stereocenters. The van der Waals surface area contributed by atoms with E-state index in [0.29, 0.717) is 12.8 Å². The predicted octanol–water partition coefficient (Wildman–Crippen LogP) is 3.07. The lowest BCUT2D eigenvalue weighted by molar-refractivity contribution is -0.141. The molecular weight excluding hydrogens is 352 g/mol. The Morgan fingerprint density at radius 2 is 1.71 bits per heavy atom. The summed E-state index contributed by atoms with van der Waals surface area (Å²) < 4.78 is 4.93. The van der Waals surface area contributed by atoms with Gasteiger partial charge in [0, 0.05) is 38.3 Å². The van der Waals surface area contributed by atoms with E-state index in [0.717, 1.165) is 37.4 Å². The molecule has 1 aliphatic heterocycles. The third-order valence-electron chi connectivity index (χ3n) is 5.17. The van der Waals surface area contributed by atoms with Crippen LogP contribution in [-0.4, -0.2) is 49.4 Å². The van der Waals surface area contributed by atoms with Crippen molar-refractivity contribution in [1.29, 1.82) is 0 Å². The number of carbonyl (C=O) groups excluding carboxylic acids is 2. The number of ether oxygens (including phenoxy) is 1. The van der Waals surface area contributed by atoms with Gasteiger partial charge in [0.2, 0.25) is 0 Å². The molecule has 0 spiro atoms. The van der Waals surface area contributed by atoms with E-state index in [2.05, 4.69) is 46.2 Å². The van der Waals surface area contributed by atoms with Gasteiger partial charge in [-0.3, -0.25) is 14.5 Å². The summed E-state index contributed by atoms with van der Waals surface area (Å²) in [5, 5.41) is 0. The van der Waals surface area contributed by atoms with Crippen molar-refractivity contribution in [2.45, 2.75) is 32.4 Å². The molecule has 1 aliphatic rings. The Kier molecular flexibility index (Phi) is 6.82. The standard InChI is InChI=1S/C23H28N2O3/c1-18(26)14-19-8-10-21(11-9-19)25-13-12-24(16-20-6-4-3-5-7-20)17-22(25)15-23(27)28-2/h3-11,22H,12-17H2,1-2H3. The lowest BCUT2D eigenvalue weighted by Crippen LogP contribution is -2.53. The number of esters is 1. The van der Waals surface area contributed by atoms with Crippen molar-refractivity contribution in [1.82, 2.24) is 4.90 Å². The summed E-state index contributed by atoms with van der Waals surface area (Å²) in [4.78, 5) is 28.0. The molecule has 0 saturated carbocycles. The lowest BCUT2D eigenvalue weighted by atomic mass is 10.0. The molecule has 148 valence electrons. The van der Waals surface area contributed by atoms with E-state index >= 15 is 0 Å². The number of piperazine rings is 1. The van der Waals surface area contributed by atoms with Crippen LogP contribution in [0.4, 0.5) is 5.69 Å². The summed E-state index contributed by atoms with van der Waals surface area (Å²) in [6.07, 6.45) is 0.813. The van der Waals surface area contributed by atoms with Crippen molar-refractivity contribution in [3.63, 3.8) is 0 Å². The van der Waals surface area contributed by atoms with E-state index < -0.39 is 0 Å². The number of anilines is 1. The molecule has 0 N–H and O–H groups in total. The molecule has 2 aromatic carbocycles. The summed E-state index contributed by atoms with van der Waals surface area (Å²) in [7, 11) is 1.44. The van der Waals surface area contributed by atoms with E-state index in [1.165, 1.54) is 12.7 Å². The molecule has 5 heteroatoms. The molecule has 0 bridgehead atoms. The first-order chi connectivity index (χ1) is 13.5. The molecule has 0 amide bonds. The van der Waals surface area contributed by atoms with E-state index in [4.69, 9.17) is 4.74 Å². The van der Waals surface area contributed by atoms with Crippen LogP contribution in [0.3, 0.4) is 0 Å². The molecule has 1 fully saturated rings. The SMILES string of the molecule is COC(=O)CC1CN(Cc2ccccc2)CCN1c1ccc(CC(C)=O)cc1. The van der Waals surface area contributed by atoms with Crippen molar-refractivity contribution in [3.05, 3.63) is 65.7 Å². The second-order valence-electron chi connectivity index (χ2n) is 7.39. The first kappa shape index (κ1) is 20.1. The number of ketones is 1. The van der Waals surface area contributed by atoms with Crippen LogP contribution >= 0.6 is 0 Å². The quantitative estimate of drug-likeness (QED) is 0.691. The van der Waals surface area contributed by atoms with Crippen molar-refractivity contribution < 1.29 is 14.3 Å². The maximum Gasteiger partial charge on any atom is 0.307 e. The van der Waals surface area contributed by atoms with Gasteiger partial charge in [0.05, 0.1) is 19.6 Å². The first-order valence-corrected chi connectivity index (χ1v) is 9.73. The fourth-order valence-electron chi connectivity index (χ4n) is 3.79. The number of Topliss-reactive ketones (excluding diaryl/α,β-unsaturated/α-hetero) is 1. The van der Waals surface area contributed by atoms with Crippen LogP contribution in [-0.2, 0) is 27.3 Å². The lowest BCUT2D eigenvalue weighted by Gasteiger charge is -2.42. The summed E-state index contributed by atoms with van der Waals surface area (Å²) in [6, 6.07) is 18.6. The van der Waals surface area contributed by atoms with E-state index in [9.17, 15) is 9.59 Å². The molecule has 28 heavy (non-hydrogen) atoms. The van der Waals surface area contributed by atoms with Gasteiger partial charge < -0.3 is 9.64 Å². The van der Waals surface area contributed by atoms with Gasteiger partial charge in [0.15, 0.2) is 0 Å². The zero-order valence-electron chi connectivity index (χ0n) is 16.6. The molecule has 5 nitrogen and oxygen atoms in total. The number of methoxy groups -OCH3 is 1. The number of hydrogen-bond acceptors (Lipinski definition) is 5. The van der Waals surface area contributed by atoms with Crippen LogP contribution in [0.1, 0.15) is 24.5 Å². The van der Waals surface area contributed by atoms with Gasteiger partial charge in [-0.25, -0.2) is 0 Å². The number of rotatable bonds is 7. The van der Waals surface area contributed by atoms with Gasteiger partial charge in [-0.1, -0.05) is 42.5 Å². The molecule has 2 aromatic rings. The Morgan fingerprint density at radius 3 is 2.36 bits per heavy atom. The Labute approximate surface area is 166 Å². The first-order valence-electron chi connectivity index (χ1n) is 9.73. The molecule has 3 rings (SSSR count). The molecular formula is C23H28N2O3.